The lowest BCUT2D eigenvalue weighted by atomic mass is 10.1. The number of ether oxygens (including phenoxy) is 4. The van der Waals surface area contributed by atoms with Crippen molar-refractivity contribution in [2.75, 3.05) is 26.1 Å². The Morgan fingerprint density at radius 3 is 2.53 bits per heavy atom. The van der Waals surface area contributed by atoms with Crippen LogP contribution in [0.1, 0.15) is 22.1 Å². The fourth-order valence-electron chi connectivity index (χ4n) is 2.88. The zero-order chi connectivity index (χ0) is 22.1. The molecule has 0 fully saturated rings. The average molecular weight is 428 g/mol. The molecule has 1 aliphatic heterocycles. The van der Waals surface area contributed by atoms with Crippen molar-refractivity contribution >= 4 is 17.3 Å². The van der Waals surface area contributed by atoms with Crippen LogP contribution in [-0.4, -0.2) is 37.9 Å². The molecule has 1 aliphatic rings. The fourth-order valence-corrected chi connectivity index (χ4v) is 2.88. The molecule has 1 unspecified atom stereocenters. The second kappa shape index (κ2) is 7.97. The van der Waals surface area contributed by atoms with Crippen molar-refractivity contribution in [2.45, 2.75) is 12.4 Å². The van der Waals surface area contributed by atoms with Gasteiger partial charge in [0.2, 0.25) is 6.23 Å². The Labute approximate surface area is 167 Å². The summed E-state index contributed by atoms with van der Waals surface area (Å²) in [4.78, 5) is 22.7. The van der Waals surface area contributed by atoms with E-state index in [0.29, 0.717) is 11.3 Å². The number of nitro benzene ring substituents is 1. The number of nitro groups is 1. The van der Waals surface area contributed by atoms with Gasteiger partial charge in [-0.1, -0.05) is 0 Å². The van der Waals surface area contributed by atoms with Crippen LogP contribution in [0.25, 0.3) is 0 Å². The Balaban J connectivity index is 1.93. The number of benzene rings is 2. The molecule has 12 heteroatoms. The number of hydrogen-bond acceptors (Lipinski definition) is 8. The Hall–Kier alpha value is -3.70. The number of cyclic esters (lactones) is 1. The quantitative estimate of drug-likeness (QED) is 0.403. The molecule has 9 nitrogen and oxygen atoms in total. The van der Waals surface area contributed by atoms with E-state index in [4.69, 9.17) is 14.2 Å². The predicted octanol–water partition coefficient (Wildman–Crippen LogP) is 3.83. The highest BCUT2D eigenvalue weighted by Crippen LogP contribution is 2.42. The number of esters is 1. The number of carbonyl (C=O) groups excluding carboxylic acids is 1. The Bertz CT molecular complexity index is 994. The van der Waals surface area contributed by atoms with Gasteiger partial charge in [-0.2, -0.15) is 13.2 Å². The number of nitrogens with one attached hydrogen (secondary N) is 1. The van der Waals surface area contributed by atoms with Gasteiger partial charge >= 0.3 is 12.1 Å². The molecule has 1 heterocycles. The van der Waals surface area contributed by atoms with Crippen LogP contribution in [0.15, 0.2) is 30.3 Å². The van der Waals surface area contributed by atoms with E-state index in [9.17, 15) is 28.1 Å². The third-order valence-electron chi connectivity index (χ3n) is 4.09. The fraction of sp³-hybridized carbons (Fsp3) is 0.278. The largest absolute Gasteiger partial charge is 0.493 e. The summed E-state index contributed by atoms with van der Waals surface area (Å²) in [7, 11) is 2.74. The van der Waals surface area contributed by atoms with E-state index >= 15 is 0 Å². The van der Waals surface area contributed by atoms with Crippen molar-refractivity contribution < 1.29 is 41.8 Å². The minimum atomic E-state index is -4.62. The molecular formula is C18H15F3N2O7. The molecule has 2 aromatic carbocycles. The number of nitrogens with zero attached hydrogens (tertiary/aromatic N) is 1. The summed E-state index contributed by atoms with van der Waals surface area (Å²) in [6, 6.07) is 6.15. The first-order valence-corrected chi connectivity index (χ1v) is 8.34. The van der Waals surface area contributed by atoms with E-state index < -0.39 is 35.6 Å². The highest BCUT2D eigenvalue weighted by atomic mass is 19.4. The van der Waals surface area contributed by atoms with Crippen molar-refractivity contribution in [3.05, 3.63) is 51.6 Å². The Morgan fingerprint density at radius 2 is 1.93 bits per heavy atom. The number of anilines is 1. The number of alkyl halides is 3. The monoisotopic (exact) mass is 428 g/mol. The van der Waals surface area contributed by atoms with E-state index in [0.717, 1.165) is 18.2 Å². The smallest absolute Gasteiger partial charge is 0.422 e. The summed E-state index contributed by atoms with van der Waals surface area (Å²) >= 11 is 0. The van der Waals surface area contributed by atoms with E-state index in [-0.39, 0.29) is 22.7 Å². The van der Waals surface area contributed by atoms with Crippen LogP contribution in [-0.2, 0) is 4.74 Å². The molecular weight excluding hydrogens is 413 g/mol. The van der Waals surface area contributed by atoms with Gasteiger partial charge < -0.3 is 24.3 Å². The molecule has 0 radical (unpaired) electrons. The van der Waals surface area contributed by atoms with Gasteiger partial charge in [-0.25, -0.2) is 4.79 Å². The zero-order valence-electron chi connectivity index (χ0n) is 15.6. The maximum atomic E-state index is 12.4. The first kappa shape index (κ1) is 21.0. The molecule has 0 saturated heterocycles. The maximum Gasteiger partial charge on any atom is 0.422 e. The molecule has 1 N–H and O–H groups in total. The van der Waals surface area contributed by atoms with Crippen molar-refractivity contribution in [2.24, 2.45) is 0 Å². The Morgan fingerprint density at radius 1 is 1.20 bits per heavy atom. The molecule has 0 saturated carbocycles. The number of non-ortho nitro benzene ring substituents is 1. The summed E-state index contributed by atoms with van der Waals surface area (Å²) < 4.78 is 57.5. The van der Waals surface area contributed by atoms with Gasteiger partial charge in [0.05, 0.1) is 25.2 Å². The molecule has 160 valence electrons. The standard InChI is InChI=1S/C18H15F3N2O7/c1-27-13-4-3-12-14(15(13)28-2)17(24)30-16(12)22-9-5-10(23(25)26)7-11(6-9)29-8-18(19,20)21/h3-7,16,22H,8H2,1-2H3. The van der Waals surface area contributed by atoms with Crippen molar-refractivity contribution in [1.29, 1.82) is 0 Å². The number of halogens is 3. The van der Waals surface area contributed by atoms with Crippen LogP contribution in [0.5, 0.6) is 17.2 Å². The minimum Gasteiger partial charge on any atom is -0.493 e. The minimum absolute atomic E-state index is 0.0156. The highest BCUT2D eigenvalue weighted by Gasteiger charge is 2.36. The van der Waals surface area contributed by atoms with Gasteiger partial charge in [-0.3, -0.25) is 10.1 Å². The van der Waals surface area contributed by atoms with E-state index in [1.54, 1.807) is 6.07 Å². The van der Waals surface area contributed by atoms with Crippen molar-refractivity contribution in [1.82, 2.24) is 0 Å². The summed E-state index contributed by atoms with van der Waals surface area (Å²) in [6.45, 7) is -1.62. The molecule has 0 spiro atoms. The van der Waals surface area contributed by atoms with Gasteiger partial charge in [0.25, 0.3) is 5.69 Å². The van der Waals surface area contributed by atoms with Gasteiger partial charge in [0.1, 0.15) is 11.3 Å². The first-order chi connectivity index (χ1) is 14.1. The van der Waals surface area contributed by atoms with Gasteiger partial charge in [-0.05, 0) is 12.1 Å². The molecule has 2 aromatic rings. The van der Waals surface area contributed by atoms with Crippen LogP contribution in [0.4, 0.5) is 24.5 Å². The Kier molecular flexibility index (Phi) is 5.58. The predicted molar refractivity (Wildman–Crippen MR) is 96.0 cm³/mol. The molecule has 1 atom stereocenters. The lowest BCUT2D eigenvalue weighted by Gasteiger charge is -2.16. The van der Waals surface area contributed by atoms with Gasteiger partial charge in [0.15, 0.2) is 18.1 Å². The van der Waals surface area contributed by atoms with Crippen LogP contribution in [0.3, 0.4) is 0 Å². The van der Waals surface area contributed by atoms with Crippen molar-refractivity contribution in [3.63, 3.8) is 0 Å². The van der Waals surface area contributed by atoms with Crippen molar-refractivity contribution in [3.8, 4) is 17.2 Å². The number of rotatable bonds is 7. The van der Waals surface area contributed by atoms with Gasteiger partial charge in [-0.15, -0.1) is 0 Å². The lowest BCUT2D eigenvalue weighted by molar-refractivity contribution is -0.384. The number of methoxy groups -OCH3 is 2. The van der Waals surface area contributed by atoms with E-state index in [2.05, 4.69) is 10.1 Å². The lowest BCUT2D eigenvalue weighted by Crippen LogP contribution is -2.19. The third kappa shape index (κ3) is 4.31. The summed E-state index contributed by atoms with van der Waals surface area (Å²) in [5.41, 5.74) is -0.0221. The molecule has 3 rings (SSSR count). The first-order valence-electron chi connectivity index (χ1n) is 8.34. The molecule has 0 aromatic heterocycles. The second-order valence-electron chi connectivity index (χ2n) is 6.07. The van der Waals surface area contributed by atoms with Crippen LogP contribution in [0.2, 0.25) is 0 Å². The summed E-state index contributed by atoms with van der Waals surface area (Å²) in [5.74, 6) is -0.650. The highest BCUT2D eigenvalue weighted by molar-refractivity contribution is 5.98. The summed E-state index contributed by atoms with van der Waals surface area (Å²) in [5, 5.41) is 13.9. The molecule has 0 amide bonds. The number of carbonyl (C=O) groups is 1. The third-order valence-corrected chi connectivity index (χ3v) is 4.09. The van der Waals surface area contributed by atoms with E-state index in [1.165, 1.54) is 20.3 Å². The molecule has 0 bridgehead atoms. The van der Waals surface area contributed by atoms with Crippen LogP contribution < -0.4 is 19.5 Å². The zero-order valence-corrected chi connectivity index (χ0v) is 15.6. The number of hydrogen-bond donors (Lipinski definition) is 1. The summed E-state index contributed by atoms with van der Waals surface area (Å²) in [6.07, 6.45) is -5.68. The molecule has 0 aliphatic carbocycles. The van der Waals surface area contributed by atoms with Crippen LogP contribution >= 0.6 is 0 Å². The maximum absolute atomic E-state index is 12.4. The average Bonchev–Trinajstić information content (AvgIpc) is 3.00. The SMILES string of the molecule is COc1ccc2c(c1OC)C(=O)OC2Nc1cc(OCC(F)(F)F)cc([N+](=O)[O-])c1. The number of fused-ring (bicyclic) bond motifs is 1. The van der Waals surface area contributed by atoms with E-state index in [1.807, 2.05) is 0 Å². The second-order valence-corrected chi connectivity index (χ2v) is 6.07. The van der Waals surface area contributed by atoms with Gasteiger partial charge in [0, 0.05) is 23.4 Å². The normalized spacial score (nSPS) is 15.2. The molecule has 30 heavy (non-hydrogen) atoms. The van der Waals surface area contributed by atoms with Crippen LogP contribution in [0, 0.1) is 10.1 Å². The topological polar surface area (TPSA) is 109 Å².